The number of anilines is 1. The van der Waals surface area contributed by atoms with Gasteiger partial charge in [0.15, 0.2) is 0 Å². The third kappa shape index (κ3) is 3.07. The first-order chi connectivity index (χ1) is 12.6. The van der Waals surface area contributed by atoms with Crippen LogP contribution in [0.5, 0.6) is 0 Å². The molecule has 1 unspecified atom stereocenters. The minimum atomic E-state index is -0.248. The number of carbonyl (C=O) groups is 1. The van der Waals surface area contributed by atoms with Gasteiger partial charge in [-0.3, -0.25) is 4.79 Å². The predicted octanol–water partition coefficient (Wildman–Crippen LogP) is 2.68. The molecule has 2 aliphatic heterocycles. The third-order valence-corrected chi connectivity index (χ3v) is 6.59. The maximum Gasteiger partial charge on any atom is 0.230 e. The van der Waals surface area contributed by atoms with Crippen molar-refractivity contribution >= 4 is 11.6 Å². The molecule has 3 fully saturated rings. The van der Waals surface area contributed by atoms with Crippen molar-refractivity contribution in [3.05, 3.63) is 29.8 Å². The van der Waals surface area contributed by atoms with Gasteiger partial charge in [-0.05, 0) is 69.2 Å². The van der Waals surface area contributed by atoms with Crippen LogP contribution in [0.4, 0.5) is 5.69 Å². The van der Waals surface area contributed by atoms with Crippen molar-refractivity contribution in [2.75, 3.05) is 24.5 Å². The number of hydrogen-bond donors (Lipinski definition) is 1. The minimum absolute atomic E-state index is 0.181. The van der Waals surface area contributed by atoms with E-state index in [0.29, 0.717) is 17.5 Å². The standard InChI is InChI=1S/C21H27N3O2/c22-14-16-2-4-17(5-3-16)23-12-1-10-21(15-23)11-13-24(20(21)26)18-6-8-19(25)9-7-18/h2-5,18-19,25H,1,6-13,15H2/t18-,19-,21?. The lowest BCUT2D eigenvalue weighted by Gasteiger charge is -2.41. The number of benzene rings is 1. The number of hydrogen-bond acceptors (Lipinski definition) is 4. The first-order valence-electron chi connectivity index (χ1n) is 9.86. The number of aliphatic hydroxyl groups is 1. The minimum Gasteiger partial charge on any atom is -0.393 e. The molecule has 138 valence electrons. The van der Waals surface area contributed by atoms with Crippen molar-refractivity contribution < 1.29 is 9.90 Å². The van der Waals surface area contributed by atoms with Gasteiger partial charge < -0.3 is 14.9 Å². The van der Waals surface area contributed by atoms with Gasteiger partial charge in [0.1, 0.15) is 0 Å². The Morgan fingerprint density at radius 3 is 2.50 bits per heavy atom. The summed E-state index contributed by atoms with van der Waals surface area (Å²) in [7, 11) is 0. The predicted molar refractivity (Wildman–Crippen MR) is 99.6 cm³/mol. The molecular formula is C21H27N3O2. The Labute approximate surface area is 155 Å². The maximum atomic E-state index is 13.3. The third-order valence-electron chi connectivity index (χ3n) is 6.59. The Hall–Kier alpha value is -2.06. The number of piperidine rings is 1. The number of rotatable bonds is 2. The molecule has 1 aromatic rings. The van der Waals surface area contributed by atoms with Crippen LogP contribution in [0.3, 0.4) is 0 Å². The molecule has 5 heteroatoms. The molecule has 1 atom stereocenters. The van der Waals surface area contributed by atoms with Crippen molar-refractivity contribution in [3.63, 3.8) is 0 Å². The first-order valence-corrected chi connectivity index (χ1v) is 9.86. The second kappa shape index (κ2) is 6.92. The first kappa shape index (κ1) is 17.4. The highest BCUT2D eigenvalue weighted by Gasteiger charge is 2.50. The lowest BCUT2D eigenvalue weighted by atomic mass is 9.78. The summed E-state index contributed by atoms with van der Waals surface area (Å²) in [5, 5.41) is 18.7. The van der Waals surface area contributed by atoms with Gasteiger partial charge in [-0.25, -0.2) is 0 Å². The van der Waals surface area contributed by atoms with Crippen molar-refractivity contribution in [2.24, 2.45) is 5.41 Å². The SMILES string of the molecule is N#Cc1ccc(N2CCCC3(CCN([C@H]4CC[C@H](O)CC4)C3=O)C2)cc1. The van der Waals surface area contributed by atoms with E-state index < -0.39 is 0 Å². The van der Waals surface area contributed by atoms with Crippen LogP contribution < -0.4 is 4.90 Å². The van der Waals surface area contributed by atoms with E-state index in [0.717, 1.165) is 70.3 Å². The zero-order chi connectivity index (χ0) is 18.1. The Balaban J connectivity index is 1.48. The lowest BCUT2D eigenvalue weighted by Crippen LogP contribution is -2.50. The van der Waals surface area contributed by atoms with Crippen LogP contribution in [0, 0.1) is 16.7 Å². The molecule has 1 aliphatic carbocycles. The fraction of sp³-hybridized carbons (Fsp3) is 0.619. The van der Waals surface area contributed by atoms with Gasteiger partial charge in [0.05, 0.1) is 23.2 Å². The zero-order valence-corrected chi connectivity index (χ0v) is 15.2. The van der Waals surface area contributed by atoms with Crippen molar-refractivity contribution in [2.45, 2.75) is 57.1 Å². The van der Waals surface area contributed by atoms with Gasteiger partial charge in [0.2, 0.25) is 5.91 Å². The summed E-state index contributed by atoms with van der Waals surface area (Å²) >= 11 is 0. The number of carbonyl (C=O) groups excluding carboxylic acids is 1. The van der Waals surface area contributed by atoms with Crippen LogP contribution in [0.15, 0.2) is 24.3 Å². The fourth-order valence-corrected chi connectivity index (χ4v) is 5.04. The van der Waals surface area contributed by atoms with E-state index in [-0.39, 0.29) is 11.5 Å². The number of nitriles is 1. The number of nitrogens with zero attached hydrogens (tertiary/aromatic N) is 3. The number of likely N-dealkylation sites (tertiary alicyclic amines) is 1. The molecule has 4 rings (SSSR count). The molecule has 2 heterocycles. The van der Waals surface area contributed by atoms with Crippen molar-refractivity contribution in [1.82, 2.24) is 4.90 Å². The molecule has 0 aromatic heterocycles. The van der Waals surface area contributed by atoms with E-state index in [1.165, 1.54) is 0 Å². The van der Waals surface area contributed by atoms with Crippen molar-refractivity contribution in [1.29, 1.82) is 5.26 Å². The summed E-state index contributed by atoms with van der Waals surface area (Å²) in [6.07, 6.45) is 6.27. The molecule has 1 amide bonds. The average Bonchev–Trinajstić information content (AvgIpc) is 2.98. The summed E-state index contributed by atoms with van der Waals surface area (Å²) in [6.45, 7) is 2.61. The molecule has 0 radical (unpaired) electrons. The lowest BCUT2D eigenvalue weighted by molar-refractivity contribution is -0.139. The van der Waals surface area contributed by atoms with E-state index in [4.69, 9.17) is 5.26 Å². The molecule has 5 nitrogen and oxygen atoms in total. The second-order valence-electron chi connectivity index (χ2n) is 8.18. The summed E-state index contributed by atoms with van der Waals surface area (Å²) in [5.74, 6) is 0.331. The highest BCUT2D eigenvalue weighted by atomic mass is 16.3. The Morgan fingerprint density at radius 2 is 1.81 bits per heavy atom. The van der Waals surface area contributed by atoms with Gasteiger partial charge >= 0.3 is 0 Å². The van der Waals surface area contributed by atoms with Gasteiger partial charge in [-0.2, -0.15) is 5.26 Å². The highest BCUT2D eigenvalue weighted by Crippen LogP contribution is 2.43. The average molecular weight is 353 g/mol. The number of amides is 1. The number of aliphatic hydroxyl groups excluding tert-OH is 1. The van der Waals surface area contributed by atoms with Crippen LogP contribution in [0.1, 0.15) is 50.5 Å². The van der Waals surface area contributed by atoms with Crippen LogP contribution in [-0.4, -0.2) is 47.7 Å². The Kier molecular flexibility index (Phi) is 4.62. The molecule has 2 saturated heterocycles. The Bertz CT molecular complexity index is 703. The molecule has 26 heavy (non-hydrogen) atoms. The molecule has 1 saturated carbocycles. The largest absolute Gasteiger partial charge is 0.393 e. The van der Waals surface area contributed by atoms with Crippen LogP contribution in [0.25, 0.3) is 0 Å². The second-order valence-corrected chi connectivity index (χ2v) is 8.18. The topological polar surface area (TPSA) is 67.6 Å². The summed E-state index contributed by atoms with van der Waals surface area (Å²) in [6, 6.07) is 10.2. The van der Waals surface area contributed by atoms with Gasteiger partial charge in [0.25, 0.3) is 0 Å². The smallest absolute Gasteiger partial charge is 0.230 e. The van der Waals surface area contributed by atoms with E-state index in [1.807, 2.05) is 24.3 Å². The van der Waals surface area contributed by atoms with Gasteiger partial charge in [0, 0.05) is 31.4 Å². The van der Waals surface area contributed by atoms with E-state index in [9.17, 15) is 9.90 Å². The van der Waals surface area contributed by atoms with Crippen LogP contribution in [-0.2, 0) is 4.79 Å². The maximum absolute atomic E-state index is 13.3. The van der Waals surface area contributed by atoms with Crippen LogP contribution in [0.2, 0.25) is 0 Å². The highest BCUT2D eigenvalue weighted by molar-refractivity contribution is 5.86. The van der Waals surface area contributed by atoms with E-state index >= 15 is 0 Å². The zero-order valence-electron chi connectivity index (χ0n) is 15.2. The van der Waals surface area contributed by atoms with E-state index in [2.05, 4.69) is 15.9 Å². The molecular weight excluding hydrogens is 326 g/mol. The molecule has 1 N–H and O–H groups in total. The normalized spacial score (nSPS) is 32.1. The van der Waals surface area contributed by atoms with Crippen molar-refractivity contribution in [3.8, 4) is 6.07 Å². The summed E-state index contributed by atoms with van der Waals surface area (Å²) in [4.78, 5) is 17.8. The van der Waals surface area contributed by atoms with Gasteiger partial charge in [-0.1, -0.05) is 0 Å². The molecule has 1 spiro atoms. The molecule has 3 aliphatic rings. The quantitative estimate of drug-likeness (QED) is 0.888. The molecule has 1 aromatic carbocycles. The molecule has 0 bridgehead atoms. The Morgan fingerprint density at radius 1 is 1.08 bits per heavy atom. The fourth-order valence-electron chi connectivity index (χ4n) is 5.04. The van der Waals surface area contributed by atoms with Gasteiger partial charge in [-0.15, -0.1) is 0 Å². The van der Waals surface area contributed by atoms with E-state index in [1.54, 1.807) is 0 Å². The monoisotopic (exact) mass is 353 g/mol. The summed E-state index contributed by atoms with van der Waals surface area (Å²) < 4.78 is 0. The summed E-state index contributed by atoms with van der Waals surface area (Å²) in [5.41, 5.74) is 1.53. The van der Waals surface area contributed by atoms with Crippen LogP contribution >= 0.6 is 0 Å².